The summed E-state index contributed by atoms with van der Waals surface area (Å²) in [5.74, 6) is 0.134. The van der Waals surface area contributed by atoms with E-state index in [0.717, 1.165) is 16.6 Å². The van der Waals surface area contributed by atoms with Gasteiger partial charge in [-0.25, -0.2) is 4.98 Å². The second kappa shape index (κ2) is 6.97. The van der Waals surface area contributed by atoms with Crippen molar-refractivity contribution in [1.82, 2.24) is 20.6 Å². The van der Waals surface area contributed by atoms with E-state index in [2.05, 4.69) is 20.6 Å². The molecule has 2 amide bonds. The number of ether oxygens (including phenoxy) is 1. The van der Waals surface area contributed by atoms with E-state index < -0.39 is 12.1 Å². The number of fused-ring (bicyclic) bond motifs is 1. The van der Waals surface area contributed by atoms with Crippen LogP contribution >= 0.6 is 0 Å². The van der Waals surface area contributed by atoms with Gasteiger partial charge in [-0.1, -0.05) is 42.5 Å². The van der Waals surface area contributed by atoms with Gasteiger partial charge in [0, 0.05) is 0 Å². The molecule has 0 unspecified atom stereocenters. The Hall–Kier alpha value is -3.19. The van der Waals surface area contributed by atoms with Crippen LogP contribution in [-0.4, -0.2) is 34.5 Å². The van der Waals surface area contributed by atoms with Crippen molar-refractivity contribution >= 4 is 22.8 Å². The van der Waals surface area contributed by atoms with Crippen LogP contribution in [0, 0.1) is 0 Å². The summed E-state index contributed by atoms with van der Waals surface area (Å²) in [4.78, 5) is 32.0. The van der Waals surface area contributed by atoms with Crippen molar-refractivity contribution in [2.45, 2.75) is 18.7 Å². The second-order valence-corrected chi connectivity index (χ2v) is 6.11. The number of imidazole rings is 1. The number of hydrogen-bond donors (Lipinski definition) is 3. The number of morpholine rings is 1. The van der Waals surface area contributed by atoms with E-state index in [1.807, 2.05) is 54.6 Å². The predicted octanol–water partition coefficient (Wildman–Crippen LogP) is 1.44. The van der Waals surface area contributed by atoms with Crippen molar-refractivity contribution in [2.75, 3.05) is 6.61 Å². The van der Waals surface area contributed by atoms with Gasteiger partial charge < -0.3 is 20.4 Å². The van der Waals surface area contributed by atoms with Gasteiger partial charge in [0.2, 0.25) is 5.91 Å². The maximum Gasteiger partial charge on any atom is 0.252 e. The number of para-hydroxylation sites is 2. The van der Waals surface area contributed by atoms with Crippen molar-refractivity contribution in [1.29, 1.82) is 0 Å². The Morgan fingerprint density at radius 3 is 2.73 bits per heavy atom. The fourth-order valence-electron chi connectivity index (χ4n) is 3.06. The average Bonchev–Trinajstić information content (AvgIpc) is 3.10. The maximum absolute atomic E-state index is 12.6. The first-order chi connectivity index (χ1) is 12.7. The Balaban J connectivity index is 1.47. The van der Waals surface area contributed by atoms with Gasteiger partial charge in [0.05, 0.1) is 23.6 Å². The summed E-state index contributed by atoms with van der Waals surface area (Å²) in [5.41, 5.74) is 2.59. The van der Waals surface area contributed by atoms with Crippen molar-refractivity contribution < 1.29 is 14.3 Å². The molecule has 1 aliphatic rings. The van der Waals surface area contributed by atoms with Crippen LogP contribution < -0.4 is 10.6 Å². The lowest BCUT2D eigenvalue weighted by Crippen LogP contribution is -2.52. The predicted molar refractivity (Wildman–Crippen MR) is 95.0 cm³/mol. The van der Waals surface area contributed by atoms with E-state index in [4.69, 9.17) is 4.74 Å². The van der Waals surface area contributed by atoms with Gasteiger partial charge in [-0.2, -0.15) is 0 Å². The Bertz CT molecular complexity index is 905. The number of nitrogens with one attached hydrogen (secondary N) is 3. The summed E-state index contributed by atoms with van der Waals surface area (Å²) in [7, 11) is 0. The zero-order valence-corrected chi connectivity index (χ0v) is 13.9. The zero-order valence-electron chi connectivity index (χ0n) is 13.9. The molecule has 3 aromatic rings. The lowest BCUT2D eigenvalue weighted by Gasteiger charge is -2.31. The standard InChI is InChI=1S/C19H18N4O3/c24-16-11-26-18(17(23-16)12-6-2-1-3-7-12)19(25)20-10-15-21-13-8-4-5-9-14(13)22-15/h1-9,17-18H,10-11H2,(H,20,25)(H,21,22)(H,23,24)/t17-,18+/m1/s1. The molecule has 2 atom stereocenters. The quantitative estimate of drug-likeness (QED) is 0.663. The number of carbonyl (C=O) groups excluding carboxylic acids is 2. The molecule has 3 N–H and O–H groups in total. The van der Waals surface area contributed by atoms with Gasteiger partial charge in [0.15, 0.2) is 6.10 Å². The van der Waals surface area contributed by atoms with Crippen LogP contribution in [0.5, 0.6) is 0 Å². The molecule has 7 nitrogen and oxygen atoms in total. The largest absolute Gasteiger partial charge is 0.356 e. The molecule has 0 bridgehead atoms. The van der Waals surface area contributed by atoms with Crippen molar-refractivity contribution in [3.8, 4) is 0 Å². The zero-order chi connectivity index (χ0) is 17.9. The molecule has 7 heteroatoms. The fraction of sp³-hybridized carbons (Fsp3) is 0.211. The molecule has 26 heavy (non-hydrogen) atoms. The summed E-state index contributed by atoms with van der Waals surface area (Å²) in [6.07, 6.45) is -0.792. The summed E-state index contributed by atoms with van der Waals surface area (Å²) in [5, 5.41) is 5.67. The molecule has 0 aliphatic carbocycles. The Kier molecular flexibility index (Phi) is 4.37. The summed E-state index contributed by atoms with van der Waals surface area (Å²) in [6.45, 7) is 0.120. The number of amides is 2. The molecule has 1 fully saturated rings. The first-order valence-corrected chi connectivity index (χ1v) is 8.38. The molecule has 0 saturated carbocycles. The molecule has 2 aromatic carbocycles. The minimum absolute atomic E-state index is 0.133. The average molecular weight is 350 g/mol. The van der Waals surface area contributed by atoms with Gasteiger partial charge in [0.1, 0.15) is 12.4 Å². The number of H-pyrrole nitrogens is 1. The molecular formula is C19H18N4O3. The molecule has 1 saturated heterocycles. The van der Waals surface area contributed by atoms with E-state index in [1.165, 1.54) is 0 Å². The number of aromatic amines is 1. The maximum atomic E-state index is 12.6. The molecule has 2 heterocycles. The molecular weight excluding hydrogens is 332 g/mol. The van der Waals surface area contributed by atoms with Crippen LogP contribution in [0.4, 0.5) is 0 Å². The number of hydrogen-bond acceptors (Lipinski definition) is 4. The van der Waals surface area contributed by atoms with Crippen LogP contribution in [-0.2, 0) is 20.9 Å². The van der Waals surface area contributed by atoms with E-state index >= 15 is 0 Å². The normalized spacial score (nSPS) is 19.9. The molecule has 0 radical (unpaired) electrons. The highest BCUT2D eigenvalue weighted by Gasteiger charge is 2.35. The number of nitrogens with zero attached hydrogens (tertiary/aromatic N) is 1. The van der Waals surface area contributed by atoms with E-state index in [-0.39, 0.29) is 25.0 Å². The minimum Gasteiger partial charge on any atom is -0.356 e. The van der Waals surface area contributed by atoms with E-state index in [9.17, 15) is 9.59 Å². The van der Waals surface area contributed by atoms with Gasteiger partial charge >= 0.3 is 0 Å². The van der Waals surface area contributed by atoms with Crippen molar-refractivity contribution in [3.05, 3.63) is 66.0 Å². The Morgan fingerprint density at radius 2 is 1.92 bits per heavy atom. The third-order valence-corrected chi connectivity index (χ3v) is 4.30. The van der Waals surface area contributed by atoms with Crippen LogP contribution in [0.1, 0.15) is 17.4 Å². The molecule has 1 aliphatic heterocycles. The van der Waals surface area contributed by atoms with Gasteiger partial charge in [-0.3, -0.25) is 9.59 Å². The van der Waals surface area contributed by atoms with Crippen LogP contribution in [0.25, 0.3) is 11.0 Å². The summed E-state index contributed by atoms with van der Waals surface area (Å²) in [6, 6.07) is 16.5. The lowest BCUT2D eigenvalue weighted by atomic mass is 9.99. The number of benzene rings is 2. The number of aromatic nitrogens is 2. The molecule has 0 spiro atoms. The van der Waals surface area contributed by atoms with Crippen molar-refractivity contribution in [3.63, 3.8) is 0 Å². The lowest BCUT2D eigenvalue weighted by molar-refractivity contribution is -0.148. The summed E-state index contributed by atoms with van der Waals surface area (Å²) >= 11 is 0. The highest BCUT2D eigenvalue weighted by atomic mass is 16.5. The summed E-state index contributed by atoms with van der Waals surface area (Å²) < 4.78 is 5.51. The Labute approximate surface area is 149 Å². The minimum atomic E-state index is -0.792. The number of carbonyl (C=O) groups is 2. The van der Waals surface area contributed by atoms with Gasteiger partial charge in [0.25, 0.3) is 5.91 Å². The van der Waals surface area contributed by atoms with Crippen molar-refractivity contribution in [2.24, 2.45) is 0 Å². The van der Waals surface area contributed by atoms with Gasteiger partial charge in [-0.15, -0.1) is 0 Å². The topological polar surface area (TPSA) is 96.1 Å². The first kappa shape index (κ1) is 16.3. The third kappa shape index (κ3) is 3.29. The van der Waals surface area contributed by atoms with Crippen LogP contribution in [0.2, 0.25) is 0 Å². The second-order valence-electron chi connectivity index (χ2n) is 6.11. The Morgan fingerprint density at radius 1 is 1.15 bits per heavy atom. The number of rotatable bonds is 4. The highest BCUT2D eigenvalue weighted by molar-refractivity contribution is 5.86. The fourth-order valence-corrected chi connectivity index (χ4v) is 3.06. The molecule has 1 aromatic heterocycles. The SMILES string of the molecule is O=C1CO[C@H](C(=O)NCc2nc3ccccc3[nH]2)[C@@H](c2ccccc2)N1. The van der Waals surface area contributed by atoms with Gasteiger partial charge in [-0.05, 0) is 17.7 Å². The van der Waals surface area contributed by atoms with Crippen LogP contribution in [0.15, 0.2) is 54.6 Å². The van der Waals surface area contributed by atoms with E-state index in [0.29, 0.717) is 5.82 Å². The van der Waals surface area contributed by atoms with Crippen LogP contribution in [0.3, 0.4) is 0 Å². The first-order valence-electron chi connectivity index (χ1n) is 8.38. The molecule has 4 rings (SSSR count). The highest BCUT2D eigenvalue weighted by Crippen LogP contribution is 2.22. The smallest absolute Gasteiger partial charge is 0.252 e. The molecule has 132 valence electrons. The third-order valence-electron chi connectivity index (χ3n) is 4.30. The monoisotopic (exact) mass is 350 g/mol. The van der Waals surface area contributed by atoms with E-state index in [1.54, 1.807) is 0 Å².